The van der Waals surface area contributed by atoms with Gasteiger partial charge in [0, 0.05) is 27.8 Å². The van der Waals surface area contributed by atoms with Gasteiger partial charge in [-0.1, -0.05) is 46.4 Å². The molecule has 6 nitrogen and oxygen atoms in total. The minimum atomic E-state index is -1.33. The number of aromatic nitrogens is 1. The second-order valence-electron chi connectivity index (χ2n) is 7.46. The van der Waals surface area contributed by atoms with Crippen molar-refractivity contribution in [1.82, 2.24) is 10.4 Å². The molecule has 1 aliphatic rings. The van der Waals surface area contributed by atoms with Gasteiger partial charge in [-0.05, 0) is 54.1 Å². The van der Waals surface area contributed by atoms with E-state index >= 15 is 0 Å². The van der Waals surface area contributed by atoms with Crippen molar-refractivity contribution in [2.24, 2.45) is 5.92 Å². The van der Waals surface area contributed by atoms with Crippen molar-refractivity contribution in [2.45, 2.75) is 10.3 Å². The fourth-order valence-corrected chi connectivity index (χ4v) is 5.14. The largest absolute Gasteiger partial charge is 0.326 e. The molecule has 1 aromatic heterocycles. The standard InChI is InChI=1S/C22H14Cl6N4O2/c23-11-1-4-17(29-9-11)31-32-20(33)15-8-14(2-3-16(15)26)30-21(34)19-18(22(19,27)28)10-5-12(24)7-13(25)6-10/h1-9,18-19H,(H,29,31)(H,30,34)(H,32,33)/t18-,19+/m0/s1. The lowest BCUT2D eigenvalue weighted by molar-refractivity contribution is -0.117. The Morgan fingerprint density at radius 1 is 0.882 bits per heavy atom. The fraction of sp³-hybridized carbons (Fsp3) is 0.136. The number of pyridine rings is 1. The number of hydrogen-bond donors (Lipinski definition) is 3. The topological polar surface area (TPSA) is 83.1 Å². The molecule has 34 heavy (non-hydrogen) atoms. The van der Waals surface area contributed by atoms with Gasteiger partial charge in [-0.15, -0.1) is 23.2 Å². The van der Waals surface area contributed by atoms with Crippen LogP contribution in [0.1, 0.15) is 21.8 Å². The van der Waals surface area contributed by atoms with Gasteiger partial charge in [0.05, 0.1) is 21.5 Å². The van der Waals surface area contributed by atoms with Crippen molar-refractivity contribution in [2.75, 3.05) is 10.7 Å². The molecule has 0 saturated heterocycles. The van der Waals surface area contributed by atoms with Crippen molar-refractivity contribution < 1.29 is 9.59 Å². The lowest BCUT2D eigenvalue weighted by Gasteiger charge is -2.11. The molecule has 0 spiro atoms. The van der Waals surface area contributed by atoms with Crippen LogP contribution in [0.4, 0.5) is 11.5 Å². The Morgan fingerprint density at radius 2 is 1.59 bits per heavy atom. The summed E-state index contributed by atoms with van der Waals surface area (Å²) in [5.41, 5.74) is 6.26. The van der Waals surface area contributed by atoms with Crippen molar-refractivity contribution in [1.29, 1.82) is 0 Å². The number of nitrogens with one attached hydrogen (secondary N) is 3. The Bertz CT molecular complexity index is 1250. The molecule has 2 atom stereocenters. The van der Waals surface area contributed by atoms with E-state index in [9.17, 15) is 9.59 Å². The van der Waals surface area contributed by atoms with Gasteiger partial charge in [-0.25, -0.2) is 4.98 Å². The third-order valence-corrected chi connectivity index (χ3v) is 7.02. The molecule has 0 radical (unpaired) electrons. The van der Waals surface area contributed by atoms with Crippen LogP contribution in [0.5, 0.6) is 0 Å². The molecule has 3 aromatic rings. The molecular weight excluding hydrogens is 565 g/mol. The quantitative estimate of drug-likeness (QED) is 0.218. The molecule has 12 heteroatoms. The third-order valence-electron chi connectivity index (χ3n) is 5.09. The summed E-state index contributed by atoms with van der Waals surface area (Å²) in [5.74, 6) is -1.85. The van der Waals surface area contributed by atoms with E-state index < -0.39 is 28.0 Å². The first-order valence-electron chi connectivity index (χ1n) is 9.68. The van der Waals surface area contributed by atoms with Gasteiger partial charge in [0.1, 0.15) is 10.2 Å². The normalized spacial score (nSPS) is 18.2. The van der Waals surface area contributed by atoms with Crippen LogP contribution in [0, 0.1) is 5.92 Å². The highest BCUT2D eigenvalue weighted by Gasteiger charge is 2.67. The molecule has 2 amide bonds. The van der Waals surface area contributed by atoms with Crippen LogP contribution in [-0.4, -0.2) is 21.1 Å². The van der Waals surface area contributed by atoms with Crippen molar-refractivity contribution in [3.63, 3.8) is 0 Å². The predicted molar refractivity (Wildman–Crippen MR) is 138 cm³/mol. The smallest absolute Gasteiger partial charge is 0.271 e. The number of benzene rings is 2. The first-order valence-corrected chi connectivity index (χ1v) is 11.9. The van der Waals surface area contributed by atoms with Crippen LogP contribution >= 0.6 is 69.6 Å². The zero-order valence-electron chi connectivity index (χ0n) is 16.9. The van der Waals surface area contributed by atoms with E-state index in [0.717, 1.165) is 0 Å². The van der Waals surface area contributed by atoms with E-state index in [1.807, 2.05) is 0 Å². The van der Waals surface area contributed by atoms with Crippen LogP contribution < -0.4 is 16.2 Å². The number of hydrogen-bond acceptors (Lipinski definition) is 4. The summed E-state index contributed by atoms with van der Waals surface area (Å²) in [6.07, 6.45) is 1.43. The van der Waals surface area contributed by atoms with E-state index in [2.05, 4.69) is 21.2 Å². The lowest BCUT2D eigenvalue weighted by atomic mass is 10.1. The summed E-state index contributed by atoms with van der Waals surface area (Å²) in [6, 6.07) is 12.6. The number of carbonyl (C=O) groups is 2. The number of carbonyl (C=O) groups excluding carboxylic acids is 2. The minimum Gasteiger partial charge on any atom is -0.326 e. The molecule has 3 N–H and O–H groups in total. The average molecular weight is 579 g/mol. The molecule has 1 aliphatic carbocycles. The van der Waals surface area contributed by atoms with E-state index in [0.29, 0.717) is 32.1 Å². The van der Waals surface area contributed by atoms with Crippen LogP contribution in [-0.2, 0) is 4.79 Å². The van der Waals surface area contributed by atoms with Gasteiger partial charge < -0.3 is 5.32 Å². The van der Waals surface area contributed by atoms with Gasteiger partial charge in [-0.3, -0.25) is 20.4 Å². The molecule has 176 valence electrons. The number of hydrazine groups is 1. The Hall–Kier alpha value is -1.93. The maximum Gasteiger partial charge on any atom is 0.271 e. The van der Waals surface area contributed by atoms with Crippen molar-refractivity contribution >= 4 is 92.9 Å². The SMILES string of the molecule is O=C(NNc1ccc(Cl)cn1)c1cc(NC(=O)[C@H]2[C@H](c3cc(Cl)cc(Cl)c3)C2(Cl)Cl)ccc1Cl. The summed E-state index contributed by atoms with van der Waals surface area (Å²) in [5, 5.41) is 4.19. The second kappa shape index (κ2) is 9.97. The highest BCUT2D eigenvalue weighted by molar-refractivity contribution is 6.53. The number of alkyl halides is 2. The zero-order valence-corrected chi connectivity index (χ0v) is 21.4. The molecule has 0 unspecified atom stereocenters. The van der Waals surface area contributed by atoms with Gasteiger partial charge in [0.2, 0.25) is 5.91 Å². The number of anilines is 2. The zero-order chi connectivity index (χ0) is 24.6. The van der Waals surface area contributed by atoms with Gasteiger partial charge >= 0.3 is 0 Å². The Morgan fingerprint density at radius 3 is 2.24 bits per heavy atom. The van der Waals surface area contributed by atoms with Crippen LogP contribution in [0.2, 0.25) is 20.1 Å². The molecular formula is C22H14Cl6N4O2. The summed E-state index contributed by atoms with van der Waals surface area (Å²) >= 11 is 36.9. The Labute approximate surface area is 224 Å². The fourth-order valence-electron chi connectivity index (χ4n) is 3.46. The monoisotopic (exact) mass is 576 g/mol. The molecule has 1 fully saturated rings. The maximum atomic E-state index is 12.9. The molecule has 0 aliphatic heterocycles. The van der Waals surface area contributed by atoms with Crippen molar-refractivity contribution in [3.8, 4) is 0 Å². The number of amides is 2. The predicted octanol–water partition coefficient (Wildman–Crippen LogP) is 6.98. The Balaban J connectivity index is 1.45. The number of nitrogens with zero attached hydrogens (tertiary/aromatic N) is 1. The van der Waals surface area contributed by atoms with Gasteiger partial charge in [0.25, 0.3) is 5.91 Å². The van der Waals surface area contributed by atoms with Crippen LogP contribution in [0.3, 0.4) is 0 Å². The van der Waals surface area contributed by atoms with Gasteiger partial charge in [0.15, 0.2) is 0 Å². The summed E-state index contributed by atoms with van der Waals surface area (Å²) < 4.78 is -1.33. The molecule has 1 saturated carbocycles. The van der Waals surface area contributed by atoms with E-state index in [1.54, 1.807) is 36.4 Å². The highest BCUT2D eigenvalue weighted by atomic mass is 35.5. The summed E-state index contributed by atoms with van der Waals surface area (Å²) in [6.45, 7) is 0. The van der Waals surface area contributed by atoms with E-state index in [4.69, 9.17) is 69.6 Å². The summed E-state index contributed by atoms with van der Waals surface area (Å²) in [4.78, 5) is 29.6. The Kier molecular flexibility index (Phi) is 7.38. The lowest BCUT2D eigenvalue weighted by Crippen LogP contribution is -2.30. The second-order valence-corrected chi connectivity index (χ2v) is 10.6. The molecule has 4 rings (SSSR count). The van der Waals surface area contributed by atoms with E-state index in [1.165, 1.54) is 18.3 Å². The third kappa shape index (κ3) is 5.48. The summed E-state index contributed by atoms with van der Waals surface area (Å²) in [7, 11) is 0. The molecule has 2 aromatic carbocycles. The van der Waals surface area contributed by atoms with Crippen LogP contribution in [0.15, 0.2) is 54.7 Å². The van der Waals surface area contributed by atoms with E-state index in [-0.39, 0.29) is 10.6 Å². The van der Waals surface area contributed by atoms with Gasteiger partial charge in [-0.2, -0.15) is 0 Å². The minimum absolute atomic E-state index is 0.123. The number of halogens is 6. The maximum absolute atomic E-state index is 12.9. The molecule has 1 heterocycles. The first kappa shape index (κ1) is 25.2. The highest BCUT2D eigenvalue weighted by Crippen LogP contribution is 2.65. The molecule has 0 bridgehead atoms. The van der Waals surface area contributed by atoms with Crippen LogP contribution in [0.25, 0.3) is 0 Å². The average Bonchev–Trinajstić information content (AvgIpc) is 3.36. The first-order chi connectivity index (χ1) is 16.1. The van der Waals surface area contributed by atoms with Crippen molar-refractivity contribution in [3.05, 3.63) is 85.9 Å². The number of rotatable bonds is 6.